The van der Waals surface area contributed by atoms with E-state index in [-0.39, 0.29) is 0 Å². The van der Waals surface area contributed by atoms with E-state index < -0.39 is 12.0 Å². The summed E-state index contributed by atoms with van der Waals surface area (Å²) in [5, 5.41) is 12.4. The van der Waals surface area contributed by atoms with Crippen LogP contribution < -0.4 is 0 Å². The van der Waals surface area contributed by atoms with Crippen molar-refractivity contribution in [3.05, 3.63) is 4.91 Å². The van der Waals surface area contributed by atoms with Gasteiger partial charge in [0.15, 0.2) is 0 Å². The lowest BCUT2D eigenvalue weighted by Crippen LogP contribution is -2.40. The van der Waals surface area contributed by atoms with Gasteiger partial charge in [0.2, 0.25) is 0 Å². The Morgan fingerprint density at radius 1 is 1.55 bits per heavy atom. The van der Waals surface area contributed by atoms with Crippen LogP contribution in [-0.4, -0.2) is 28.7 Å². The molecule has 1 saturated heterocycles. The van der Waals surface area contributed by atoms with Gasteiger partial charge in [-0.05, 0) is 19.3 Å². The highest BCUT2D eigenvalue weighted by atomic mass is 16.4. The number of carbonyl (C=O) groups is 1. The van der Waals surface area contributed by atoms with Gasteiger partial charge >= 0.3 is 5.97 Å². The summed E-state index contributed by atoms with van der Waals surface area (Å²) in [4.78, 5) is 20.6. The van der Waals surface area contributed by atoms with Gasteiger partial charge in [0.25, 0.3) is 0 Å². The van der Waals surface area contributed by atoms with Crippen molar-refractivity contribution < 1.29 is 9.90 Å². The molecule has 1 aliphatic rings. The first-order chi connectivity index (χ1) is 5.25. The van der Waals surface area contributed by atoms with Crippen molar-refractivity contribution in [2.45, 2.75) is 25.3 Å². The first-order valence-electron chi connectivity index (χ1n) is 3.58. The van der Waals surface area contributed by atoms with E-state index in [9.17, 15) is 9.70 Å². The number of carboxylic acid groups (broad SMARTS) is 1. The largest absolute Gasteiger partial charge is 0.480 e. The Bertz CT molecular complexity index is 171. The highest BCUT2D eigenvalue weighted by molar-refractivity contribution is 5.73. The van der Waals surface area contributed by atoms with Gasteiger partial charge < -0.3 is 5.11 Å². The molecular weight excluding hydrogens is 148 g/mol. The number of rotatable bonds is 2. The second-order valence-corrected chi connectivity index (χ2v) is 2.59. The zero-order valence-corrected chi connectivity index (χ0v) is 6.06. The molecule has 0 saturated carbocycles. The standard InChI is InChI=1S/C6H10N2O3/c9-6(10)5-3-1-2-4-8(5)7-11/h5H,1-4H2,(H,9,10)/t5-/m1/s1. The molecule has 0 unspecified atom stereocenters. The number of carboxylic acids is 1. The molecule has 0 radical (unpaired) electrons. The predicted molar refractivity (Wildman–Crippen MR) is 37.8 cm³/mol. The van der Waals surface area contributed by atoms with Crippen LogP contribution in [0.1, 0.15) is 19.3 Å². The van der Waals surface area contributed by atoms with E-state index in [1.165, 1.54) is 0 Å². The zero-order chi connectivity index (χ0) is 8.27. The van der Waals surface area contributed by atoms with Crippen LogP contribution in [-0.2, 0) is 4.79 Å². The first kappa shape index (κ1) is 7.97. The lowest BCUT2D eigenvalue weighted by atomic mass is 10.0. The van der Waals surface area contributed by atoms with Crippen LogP contribution in [0.4, 0.5) is 0 Å². The minimum atomic E-state index is -0.954. The molecule has 0 aliphatic carbocycles. The normalized spacial score (nSPS) is 24.7. The van der Waals surface area contributed by atoms with Gasteiger partial charge in [-0.3, -0.25) is 0 Å². The number of nitroso groups, excluding NO2 is 1. The van der Waals surface area contributed by atoms with Gasteiger partial charge in [-0.25, -0.2) is 9.80 Å². The molecule has 0 aromatic rings. The number of hydrogen-bond acceptors (Lipinski definition) is 3. The molecular formula is C6H10N2O3. The molecule has 1 N–H and O–H groups in total. The average molecular weight is 158 g/mol. The van der Waals surface area contributed by atoms with Crippen molar-refractivity contribution >= 4 is 5.97 Å². The van der Waals surface area contributed by atoms with Gasteiger partial charge in [-0.15, -0.1) is 4.91 Å². The van der Waals surface area contributed by atoms with E-state index in [1.807, 2.05) is 0 Å². The summed E-state index contributed by atoms with van der Waals surface area (Å²) in [6.07, 6.45) is 2.25. The lowest BCUT2D eigenvalue weighted by Gasteiger charge is -2.26. The molecule has 0 amide bonds. The molecule has 1 rings (SSSR count). The molecule has 0 bridgehead atoms. The maximum Gasteiger partial charge on any atom is 0.328 e. The number of hydrogen-bond donors (Lipinski definition) is 1. The molecule has 1 atom stereocenters. The second kappa shape index (κ2) is 3.32. The minimum absolute atomic E-state index is 0.473. The van der Waals surface area contributed by atoms with Gasteiger partial charge in [0.1, 0.15) is 6.04 Å². The van der Waals surface area contributed by atoms with Crippen molar-refractivity contribution in [1.29, 1.82) is 0 Å². The van der Waals surface area contributed by atoms with E-state index in [1.54, 1.807) is 0 Å². The Morgan fingerprint density at radius 2 is 2.27 bits per heavy atom. The van der Waals surface area contributed by atoms with Crippen LogP contribution in [0.15, 0.2) is 5.29 Å². The maximum atomic E-state index is 10.5. The zero-order valence-electron chi connectivity index (χ0n) is 6.06. The summed E-state index contributed by atoms with van der Waals surface area (Å²) >= 11 is 0. The monoisotopic (exact) mass is 158 g/mol. The third-order valence-electron chi connectivity index (χ3n) is 1.86. The first-order valence-corrected chi connectivity index (χ1v) is 3.58. The molecule has 5 heteroatoms. The van der Waals surface area contributed by atoms with Crippen molar-refractivity contribution in [3.8, 4) is 0 Å². The van der Waals surface area contributed by atoms with Crippen molar-refractivity contribution in [1.82, 2.24) is 5.01 Å². The van der Waals surface area contributed by atoms with Crippen LogP contribution in [0.2, 0.25) is 0 Å². The predicted octanol–water partition coefficient (Wildman–Crippen LogP) is 0.607. The third kappa shape index (κ3) is 1.66. The summed E-state index contributed by atoms with van der Waals surface area (Å²) < 4.78 is 0. The van der Waals surface area contributed by atoms with Gasteiger partial charge in [0, 0.05) is 6.54 Å². The molecule has 0 spiro atoms. The van der Waals surface area contributed by atoms with Crippen molar-refractivity contribution in [2.24, 2.45) is 5.29 Å². The number of piperidine rings is 1. The van der Waals surface area contributed by atoms with Crippen molar-refractivity contribution in [2.75, 3.05) is 6.54 Å². The molecule has 1 aliphatic heterocycles. The molecule has 11 heavy (non-hydrogen) atoms. The Balaban J connectivity index is 2.58. The summed E-state index contributed by atoms with van der Waals surface area (Å²) in [7, 11) is 0. The van der Waals surface area contributed by atoms with Crippen LogP contribution in [0.5, 0.6) is 0 Å². The highest BCUT2D eigenvalue weighted by Gasteiger charge is 2.28. The second-order valence-electron chi connectivity index (χ2n) is 2.59. The Kier molecular flexibility index (Phi) is 2.40. The van der Waals surface area contributed by atoms with Crippen LogP contribution in [0.3, 0.4) is 0 Å². The molecule has 0 aromatic heterocycles. The highest BCUT2D eigenvalue weighted by Crippen LogP contribution is 2.16. The van der Waals surface area contributed by atoms with Gasteiger partial charge in [-0.1, -0.05) is 0 Å². The molecule has 0 aromatic carbocycles. The Morgan fingerprint density at radius 3 is 2.73 bits per heavy atom. The van der Waals surface area contributed by atoms with Crippen LogP contribution in [0, 0.1) is 4.91 Å². The lowest BCUT2D eigenvalue weighted by molar-refractivity contribution is -0.144. The fraction of sp³-hybridized carbons (Fsp3) is 0.833. The third-order valence-corrected chi connectivity index (χ3v) is 1.86. The summed E-state index contributed by atoms with van der Waals surface area (Å²) in [6.45, 7) is 0.473. The number of aliphatic carboxylic acids is 1. The maximum absolute atomic E-state index is 10.5. The molecule has 5 nitrogen and oxygen atoms in total. The van der Waals surface area contributed by atoms with Gasteiger partial charge in [0.05, 0.1) is 5.29 Å². The fourth-order valence-corrected chi connectivity index (χ4v) is 1.27. The average Bonchev–Trinajstić information content (AvgIpc) is 2.04. The quantitative estimate of drug-likeness (QED) is 0.597. The minimum Gasteiger partial charge on any atom is -0.480 e. The van der Waals surface area contributed by atoms with Crippen LogP contribution in [0.25, 0.3) is 0 Å². The van der Waals surface area contributed by atoms with E-state index in [0.29, 0.717) is 13.0 Å². The smallest absolute Gasteiger partial charge is 0.328 e. The van der Waals surface area contributed by atoms with E-state index in [0.717, 1.165) is 17.9 Å². The topological polar surface area (TPSA) is 70.0 Å². The summed E-state index contributed by atoms with van der Waals surface area (Å²) in [5.74, 6) is -0.954. The fourth-order valence-electron chi connectivity index (χ4n) is 1.27. The Hall–Kier alpha value is -1.13. The van der Waals surface area contributed by atoms with E-state index >= 15 is 0 Å². The van der Waals surface area contributed by atoms with Gasteiger partial charge in [-0.2, -0.15) is 0 Å². The number of nitrogens with zero attached hydrogens (tertiary/aromatic N) is 2. The molecule has 1 heterocycles. The molecule has 1 fully saturated rings. The molecule has 62 valence electrons. The Labute approximate surface area is 63.9 Å². The summed E-state index contributed by atoms with van der Waals surface area (Å²) in [5.41, 5.74) is 0. The van der Waals surface area contributed by atoms with E-state index in [4.69, 9.17) is 5.11 Å². The SMILES string of the molecule is O=NN1CCCC[C@@H]1C(=O)O. The van der Waals surface area contributed by atoms with Crippen molar-refractivity contribution in [3.63, 3.8) is 0 Å². The van der Waals surface area contributed by atoms with E-state index in [2.05, 4.69) is 5.29 Å². The summed E-state index contributed by atoms with van der Waals surface area (Å²) in [6, 6.07) is -0.693. The van der Waals surface area contributed by atoms with Crippen LogP contribution >= 0.6 is 0 Å².